The van der Waals surface area contributed by atoms with Crippen LogP contribution in [0.1, 0.15) is 20.8 Å². The van der Waals surface area contributed by atoms with Crippen molar-refractivity contribution < 1.29 is 4.79 Å². The molecule has 1 aromatic heterocycles. The number of aromatic nitrogens is 2. The van der Waals surface area contributed by atoms with E-state index in [1.807, 2.05) is 27.0 Å². The number of anilines is 2. The van der Waals surface area contributed by atoms with Crippen LogP contribution in [0.4, 0.5) is 11.6 Å². The highest BCUT2D eigenvalue weighted by Gasteiger charge is 2.20. The standard InChI is InChI=1S/C12H21N5OS/c1-5-14-8-6-9(17-12(16-8)19-4)15-10(7(2)3)11(13)18/h6-7,10H,5H2,1-4H3,(H2,13,18)(H2,14,15,16,17). The molecule has 0 aromatic carbocycles. The Kier molecular flexibility index (Phi) is 5.88. The number of nitrogens with zero attached hydrogens (tertiary/aromatic N) is 2. The molecule has 0 saturated heterocycles. The van der Waals surface area contributed by atoms with Gasteiger partial charge in [0.1, 0.15) is 17.7 Å². The first-order valence-electron chi connectivity index (χ1n) is 6.20. The Morgan fingerprint density at radius 1 is 1.42 bits per heavy atom. The van der Waals surface area contributed by atoms with Crippen LogP contribution < -0.4 is 16.4 Å². The molecule has 0 saturated carbocycles. The first-order chi connectivity index (χ1) is 8.97. The van der Waals surface area contributed by atoms with Crippen LogP contribution in [-0.2, 0) is 4.79 Å². The highest BCUT2D eigenvalue weighted by molar-refractivity contribution is 7.98. The van der Waals surface area contributed by atoms with E-state index in [2.05, 4.69) is 20.6 Å². The average Bonchev–Trinajstić information content (AvgIpc) is 2.35. The largest absolute Gasteiger partial charge is 0.370 e. The van der Waals surface area contributed by atoms with Gasteiger partial charge in [-0.3, -0.25) is 4.79 Å². The fraction of sp³-hybridized carbons (Fsp3) is 0.583. The van der Waals surface area contributed by atoms with Crippen molar-refractivity contribution in [2.75, 3.05) is 23.4 Å². The Hall–Kier alpha value is -1.50. The third kappa shape index (κ3) is 4.59. The topological polar surface area (TPSA) is 92.9 Å². The van der Waals surface area contributed by atoms with Gasteiger partial charge in [-0.15, -0.1) is 0 Å². The fourth-order valence-corrected chi connectivity index (χ4v) is 1.97. The number of amides is 1. The number of nitrogens with two attached hydrogens (primary N) is 1. The maximum atomic E-state index is 11.4. The maximum Gasteiger partial charge on any atom is 0.240 e. The fourth-order valence-electron chi connectivity index (χ4n) is 1.59. The molecule has 1 amide bonds. The van der Waals surface area contributed by atoms with E-state index < -0.39 is 6.04 Å². The summed E-state index contributed by atoms with van der Waals surface area (Å²) in [7, 11) is 0. The summed E-state index contributed by atoms with van der Waals surface area (Å²) in [6.07, 6.45) is 1.91. The quantitative estimate of drug-likeness (QED) is 0.519. The second kappa shape index (κ2) is 7.18. The van der Waals surface area contributed by atoms with Gasteiger partial charge in [-0.1, -0.05) is 25.6 Å². The van der Waals surface area contributed by atoms with Crippen molar-refractivity contribution in [1.82, 2.24) is 9.97 Å². The van der Waals surface area contributed by atoms with Gasteiger partial charge >= 0.3 is 0 Å². The lowest BCUT2D eigenvalue weighted by Crippen LogP contribution is -2.39. The molecular formula is C12H21N5OS. The van der Waals surface area contributed by atoms with Crippen molar-refractivity contribution in [3.63, 3.8) is 0 Å². The number of thioether (sulfide) groups is 1. The first kappa shape index (κ1) is 15.6. The lowest BCUT2D eigenvalue weighted by Gasteiger charge is -2.20. The minimum Gasteiger partial charge on any atom is -0.370 e. The summed E-state index contributed by atoms with van der Waals surface area (Å²) in [6, 6.07) is 1.33. The second-order valence-electron chi connectivity index (χ2n) is 4.42. The van der Waals surface area contributed by atoms with E-state index in [0.717, 1.165) is 12.4 Å². The van der Waals surface area contributed by atoms with E-state index in [4.69, 9.17) is 5.73 Å². The summed E-state index contributed by atoms with van der Waals surface area (Å²) in [5.41, 5.74) is 5.39. The zero-order valence-corrected chi connectivity index (χ0v) is 12.5. The summed E-state index contributed by atoms with van der Waals surface area (Å²) in [6.45, 7) is 6.64. The Balaban J connectivity index is 2.98. The minimum absolute atomic E-state index is 0.0905. The van der Waals surface area contributed by atoms with Gasteiger partial charge in [0.15, 0.2) is 5.16 Å². The van der Waals surface area contributed by atoms with Crippen molar-refractivity contribution >= 4 is 29.3 Å². The van der Waals surface area contributed by atoms with Gasteiger partial charge in [0.25, 0.3) is 0 Å². The van der Waals surface area contributed by atoms with Crippen molar-refractivity contribution in [2.45, 2.75) is 32.0 Å². The smallest absolute Gasteiger partial charge is 0.240 e. The molecule has 1 unspecified atom stereocenters. The van der Waals surface area contributed by atoms with E-state index in [9.17, 15) is 4.79 Å². The van der Waals surface area contributed by atoms with E-state index in [-0.39, 0.29) is 11.8 Å². The Bertz CT molecular complexity index is 438. The third-order valence-corrected chi connectivity index (χ3v) is 3.07. The molecule has 0 fully saturated rings. The number of rotatable bonds is 7. The Labute approximate surface area is 118 Å². The minimum atomic E-state index is -0.445. The van der Waals surface area contributed by atoms with E-state index in [1.54, 1.807) is 6.07 Å². The van der Waals surface area contributed by atoms with Gasteiger partial charge in [0.2, 0.25) is 5.91 Å². The van der Waals surface area contributed by atoms with Crippen molar-refractivity contribution in [3.05, 3.63) is 6.07 Å². The molecule has 0 bridgehead atoms. The number of carbonyl (C=O) groups is 1. The molecule has 7 heteroatoms. The number of nitrogens with one attached hydrogen (secondary N) is 2. The second-order valence-corrected chi connectivity index (χ2v) is 5.20. The molecule has 1 aromatic rings. The highest BCUT2D eigenvalue weighted by Crippen LogP contribution is 2.19. The predicted octanol–water partition coefficient (Wildman–Crippen LogP) is 1.55. The summed E-state index contributed by atoms with van der Waals surface area (Å²) in [5.74, 6) is 1.04. The average molecular weight is 283 g/mol. The molecule has 4 N–H and O–H groups in total. The number of carbonyl (C=O) groups excluding carboxylic acids is 1. The molecule has 19 heavy (non-hydrogen) atoms. The van der Waals surface area contributed by atoms with Crippen LogP contribution in [-0.4, -0.2) is 34.7 Å². The van der Waals surface area contributed by atoms with Crippen LogP contribution in [0, 0.1) is 5.92 Å². The molecule has 0 aliphatic carbocycles. The first-order valence-corrected chi connectivity index (χ1v) is 7.43. The van der Waals surface area contributed by atoms with E-state index in [1.165, 1.54) is 11.8 Å². The molecule has 0 aliphatic rings. The molecule has 0 aliphatic heterocycles. The van der Waals surface area contributed by atoms with Crippen LogP contribution in [0.2, 0.25) is 0 Å². The van der Waals surface area contributed by atoms with Gasteiger partial charge in [-0.2, -0.15) is 0 Å². The zero-order chi connectivity index (χ0) is 14.4. The Morgan fingerprint density at radius 2 is 2.05 bits per heavy atom. The number of primary amides is 1. The Morgan fingerprint density at radius 3 is 2.53 bits per heavy atom. The molecule has 1 atom stereocenters. The van der Waals surface area contributed by atoms with Crippen molar-refractivity contribution in [2.24, 2.45) is 11.7 Å². The lowest BCUT2D eigenvalue weighted by atomic mass is 10.0. The van der Waals surface area contributed by atoms with Gasteiger partial charge in [0, 0.05) is 12.6 Å². The molecular weight excluding hydrogens is 262 g/mol. The molecule has 1 rings (SSSR count). The summed E-state index contributed by atoms with van der Waals surface area (Å²) in [4.78, 5) is 20.1. The SMILES string of the molecule is CCNc1cc(NC(C(N)=O)C(C)C)nc(SC)n1. The van der Waals surface area contributed by atoms with Crippen molar-refractivity contribution in [1.29, 1.82) is 0 Å². The van der Waals surface area contributed by atoms with E-state index >= 15 is 0 Å². The number of hydrogen-bond donors (Lipinski definition) is 3. The molecule has 6 nitrogen and oxygen atoms in total. The molecule has 1 heterocycles. The maximum absolute atomic E-state index is 11.4. The lowest BCUT2D eigenvalue weighted by molar-refractivity contribution is -0.119. The zero-order valence-electron chi connectivity index (χ0n) is 11.7. The van der Waals surface area contributed by atoms with Crippen molar-refractivity contribution in [3.8, 4) is 0 Å². The number of hydrogen-bond acceptors (Lipinski definition) is 6. The molecule has 106 valence electrons. The third-order valence-electron chi connectivity index (χ3n) is 2.52. The van der Waals surface area contributed by atoms with Gasteiger partial charge in [-0.25, -0.2) is 9.97 Å². The predicted molar refractivity (Wildman–Crippen MR) is 79.4 cm³/mol. The van der Waals surface area contributed by atoms with Crippen LogP contribution in [0.3, 0.4) is 0 Å². The van der Waals surface area contributed by atoms with Gasteiger partial charge in [-0.05, 0) is 19.1 Å². The van der Waals surface area contributed by atoms with Crippen LogP contribution in [0.25, 0.3) is 0 Å². The monoisotopic (exact) mass is 283 g/mol. The van der Waals surface area contributed by atoms with Crippen LogP contribution in [0.15, 0.2) is 11.2 Å². The van der Waals surface area contributed by atoms with Gasteiger partial charge in [0.05, 0.1) is 0 Å². The van der Waals surface area contributed by atoms with Gasteiger partial charge < -0.3 is 16.4 Å². The molecule has 0 spiro atoms. The summed E-state index contributed by atoms with van der Waals surface area (Å²) in [5, 5.41) is 6.85. The molecule has 0 radical (unpaired) electrons. The normalized spacial score (nSPS) is 12.3. The van der Waals surface area contributed by atoms with E-state index in [0.29, 0.717) is 11.0 Å². The van der Waals surface area contributed by atoms with Crippen LogP contribution >= 0.6 is 11.8 Å². The highest BCUT2D eigenvalue weighted by atomic mass is 32.2. The summed E-state index contributed by atoms with van der Waals surface area (Å²) < 4.78 is 0. The summed E-state index contributed by atoms with van der Waals surface area (Å²) >= 11 is 1.45. The van der Waals surface area contributed by atoms with Crippen LogP contribution in [0.5, 0.6) is 0 Å².